The first-order valence-corrected chi connectivity index (χ1v) is 8.40. The van der Waals surface area contributed by atoms with Gasteiger partial charge in [-0.05, 0) is 31.0 Å². The van der Waals surface area contributed by atoms with Crippen LogP contribution in [0.4, 0.5) is 0 Å². The Bertz CT molecular complexity index is 727. The van der Waals surface area contributed by atoms with E-state index in [0.717, 1.165) is 10.4 Å². The van der Waals surface area contributed by atoms with Crippen LogP contribution in [0.25, 0.3) is 0 Å². The van der Waals surface area contributed by atoms with Gasteiger partial charge in [0.15, 0.2) is 0 Å². The van der Waals surface area contributed by atoms with Crippen LogP contribution in [-0.2, 0) is 11.2 Å². The molecule has 0 saturated heterocycles. The molecule has 2 aromatic rings. The van der Waals surface area contributed by atoms with Crippen molar-refractivity contribution in [1.29, 1.82) is 0 Å². The Kier molecular flexibility index (Phi) is 4.45. The first-order valence-electron chi connectivity index (χ1n) is 7.52. The van der Waals surface area contributed by atoms with Crippen molar-refractivity contribution >= 4 is 23.2 Å². The zero-order valence-electron chi connectivity index (χ0n) is 12.8. The fourth-order valence-electron chi connectivity index (χ4n) is 2.77. The van der Waals surface area contributed by atoms with Gasteiger partial charge >= 0.3 is 5.97 Å². The van der Waals surface area contributed by atoms with Gasteiger partial charge in [-0.3, -0.25) is 4.79 Å². The Labute approximate surface area is 138 Å². The highest BCUT2D eigenvalue weighted by molar-refractivity contribution is 7.10. The van der Waals surface area contributed by atoms with Crippen molar-refractivity contribution in [2.24, 2.45) is 5.73 Å². The molecule has 23 heavy (non-hydrogen) atoms. The third kappa shape index (κ3) is 2.87. The van der Waals surface area contributed by atoms with Gasteiger partial charge in [0.05, 0.1) is 12.2 Å². The molecule has 0 saturated carbocycles. The molecule has 0 bridgehead atoms. The van der Waals surface area contributed by atoms with Gasteiger partial charge in [-0.2, -0.15) is 0 Å². The fraction of sp³-hybridized carbons (Fsp3) is 0.294. The zero-order valence-corrected chi connectivity index (χ0v) is 13.6. The average molecular weight is 330 g/mol. The van der Waals surface area contributed by atoms with Crippen molar-refractivity contribution in [2.75, 3.05) is 13.2 Å². The number of rotatable bonds is 3. The number of thiophene rings is 1. The molecular weight excluding hydrogens is 312 g/mol. The Hall–Kier alpha value is -2.18. The van der Waals surface area contributed by atoms with E-state index in [-0.39, 0.29) is 11.9 Å². The van der Waals surface area contributed by atoms with Gasteiger partial charge in [0.1, 0.15) is 6.17 Å². The second-order valence-electron chi connectivity index (χ2n) is 5.27. The third-order valence-corrected chi connectivity index (χ3v) is 5.01. The van der Waals surface area contributed by atoms with E-state index in [1.807, 2.05) is 18.2 Å². The number of ether oxygens (including phenoxy) is 1. The summed E-state index contributed by atoms with van der Waals surface area (Å²) >= 11 is 1.41. The van der Waals surface area contributed by atoms with Crippen LogP contribution in [0.3, 0.4) is 0 Å². The van der Waals surface area contributed by atoms with Crippen LogP contribution in [-0.4, -0.2) is 29.9 Å². The molecule has 3 rings (SSSR count). The van der Waals surface area contributed by atoms with E-state index >= 15 is 0 Å². The highest BCUT2D eigenvalue weighted by Crippen LogP contribution is 2.34. The predicted molar refractivity (Wildman–Crippen MR) is 88.4 cm³/mol. The van der Waals surface area contributed by atoms with Gasteiger partial charge in [0.2, 0.25) is 0 Å². The summed E-state index contributed by atoms with van der Waals surface area (Å²) in [6, 6.07) is 9.10. The van der Waals surface area contributed by atoms with Crippen molar-refractivity contribution in [3.8, 4) is 0 Å². The summed E-state index contributed by atoms with van der Waals surface area (Å²) in [7, 11) is 0. The van der Waals surface area contributed by atoms with Crippen LogP contribution in [0.1, 0.15) is 44.2 Å². The minimum absolute atomic E-state index is 0.0881. The molecule has 2 heterocycles. The normalized spacial score (nSPS) is 16.8. The maximum absolute atomic E-state index is 12.6. The van der Waals surface area contributed by atoms with Gasteiger partial charge in [-0.1, -0.05) is 18.2 Å². The second kappa shape index (κ2) is 6.52. The van der Waals surface area contributed by atoms with Crippen LogP contribution in [0.5, 0.6) is 0 Å². The number of esters is 1. The van der Waals surface area contributed by atoms with Gasteiger partial charge in [0, 0.05) is 22.4 Å². The standard InChI is InChI=1S/C17H18N2O3S/c1-2-22-17(21)13-10-23-14-12(13)8-9-19(15(14)18)16(20)11-6-4-3-5-7-11/h3-7,10,15H,2,8-9,18H2,1H3. The summed E-state index contributed by atoms with van der Waals surface area (Å²) in [6.45, 7) is 2.61. The number of fused-ring (bicyclic) bond motifs is 1. The Morgan fingerprint density at radius 2 is 2.09 bits per heavy atom. The molecule has 1 aromatic heterocycles. The summed E-state index contributed by atoms with van der Waals surface area (Å²) in [4.78, 5) is 27.1. The highest BCUT2D eigenvalue weighted by Gasteiger charge is 2.33. The summed E-state index contributed by atoms with van der Waals surface area (Å²) in [5.41, 5.74) is 8.39. The van der Waals surface area contributed by atoms with E-state index < -0.39 is 6.17 Å². The van der Waals surface area contributed by atoms with E-state index in [1.165, 1.54) is 11.3 Å². The van der Waals surface area contributed by atoms with Crippen molar-refractivity contribution in [3.63, 3.8) is 0 Å². The van der Waals surface area contributed by atoms with E-state index in [0.29, 0.717) is 30.7 Å². The van der Waals surface area contributed by atoms with E-state index in [9.17, 15) is 9.59 Å². The highest BCUT2D eigenvalue weighted by atomic mass is 32.1. The molecule has 1 amide bonds. The predicted octanol–water partition coefficient (Wildman–Crippen LogP) is 2.58. The number of benzene rings is 1. The zero-order chi connectivity index (χ0) is 16.4. The molecule has 0 spiro atoms. The monoisotopic (exact) mass is 330 g/mol. The average Bonchev–Trinajstić information content (AvgIpc) is 3.01. The van der Waals surface area contributed by atoms with Gasteiger partial charge in [-0.25, -0.2) is 4.79 Å². The quantitative estimate of drug-likeness (QED) is 0.878. The van der Waals surface area contributed by atoms with E-state index in [1.54, 1.807) is 29.3 Å². The molecule has 1 aliphatic rings. The first-order chi connectivity index (χ1) is 11.1. The summed E-state index contributed by atoms with van der Waals surface area (Å²) in [5, 5.41) is 1.78. The van der Waals surface area contributed by atoms with E-state index in [4.69, 9.17) is 10.5 Å². The Balaban J connectivity index is 1.86. The summed E-state index contributed by atoms with van der Waals surface area (Å²) < 4.78 is 5.08. The number of hydrogen-bond donors (Lipinski definition) is 1. The molecule has 1 aliphatic heterocycles. The molecule has 0 fully saturated rings. The molecule has 5 nitrogen and oxygen atoms in total. The second-order valence-corrected chi connectivity index (χ2v) is 6.18. The third-order valence-electron chi connectivity index (χ3n) is 3.91. The Morgan fingerprint density at radius 3 is 2.78 bits per heavy atom. The number of carbonyl (C=O) groups excluding carboxylic acids is 2. The molecule has 1 atom stereocenters. The van der Waals surface area contributed by atoms with Crippen LogP contribution in [0.2, 0.25) is 0 Å². The molecule has 0 aliphatic carbocycles. The van der Waals surface area contributed by atoms with Gasteiger partial charge in [-0.15, -0.1) is 11.3 Å². The lowest BCUT2D eigenvalue weighted by molar-refractivity contribution is 0.0524. The molecule has 0 radical (unpaired) electrons. The largest absolute Gasteiger partial charge is 0.462 e. The molecular formula is C17H18N2O3S. The van der Waals surface area contributed by atoms with Gasteiger partial charge in [0.25, 0.3) is 5.91 Å². The number of nitrogens with zero attached hydrogens (tertiary/aromatic N) is 1. The molecule has 1 unspecified atom stereocenters. The van der Waals surface area contributed by atoms with Crippen LogP contribution in [0, 0.1) is 0 Å². The smallest absolute Gasteiger partial charge is 0.339 e. The van der Waals surface area contributed by atoms with Crippen LogP contribution in [0.15, 0.2) is 35.7 Å². The SMILES string of the molecule is CCOC(=O)c1csc2c1CCN(C(=O)c1ccccc1)C2N. The molecule has 120 valence electrons. The first kappa shape index (κ1) is 15.7. The minimum Gasteiger partial charge on any atom is -0.462 e. The number of nitrogens with two attached hydrogens (primary N) is 1. The van der Waals surface area contributed by atoms with Crippen molar-refractivity contribution in [3.05, 3.63) is 57.3 Å². The maximum atomic E-state index is 12.6. The van der Waals surface area contributed by atoms with Crippen molar-refractivity contribution < 1.29 is 14.3 Å². The molecule has 2 N–H and O–H groups in total. The summed E-state index contributed by atoms with van der Waals surface area (Å²) in [6.07, 6.45) is 0.0823. The number of carbonyl (C=O) groups is 2. The maximum Gasteiger partial charge on any atom is 0.339 e. The molecule has 1 aromatic carbocycles. The van der Waals surface area contributed by atoms with Crippen LogP contribution >= 0.6 is 11.3 Å². The lowest BCUT2D eigenvalue weighted by atomic mass is 10.0. The lowest BCUT2D eigenvalue weighted by Gasteiger charge is -2.33. The van der Waals surface area contributed by atoms with Crippen molar-refractivity contribution in [2.45, 2.75) is 19.5 Å². The number of amides is 1. The van der Waals surface area contributed by atoms with Gasteiger partial charge < -0.3 is 15.4 Å². The Morgan fingerprint density at radius 1 is 1.35 bits per heavy atom. The van der Waals surface area contributed by atoms with Crippen LogP contribution < -0.4 is 5.73 Å². The fourth-order valence-corrected chi connectivity index (χ4v) is 3.88. The number of hydrogen-bond acceptors (Lipinski definition) is 5. The van der Waals surface area contributed by atoms with Crippen molar-refractivity contribution in [1.82, 2.24) is 4.90 Å². The molecule has 6 heteroatoms. The minimum atomic E-state index is -0.528. The van der Waals surface area contributed by atoms with E-state index in [2.05, 4.69) is 0 Å². The topological polar surface area (TPSA) is 72.6 Å². The summed E-state index contributed by atoms with van der Waals surface area (Å²) in [5.74, 6) is -0.408. The lowest BCUT2D eigenvalue weighted by Crippen LogP contribution is -2.43.